The Labute approximate surface area is 141 Å². The Balaban J connectivity index is 1.58. The van der Waals surface area contributed by atoms with Crippen LogP contribution in [0.15, 0.2) is 24.7 Å². The number of imidazole rings is 1. The Kier molecular flexibility index (Phi) is 4.28. The lowest BCUT2D eigenvalue weighted by Gasteiger charge is -2.30. The molecule has 24 heavy (non-hydrogen) atoms. The molecular formula is C18H21N5O. The fourth-order valence-corrected chi connectivity index (χ4v) is 3.57. The van der Waals surface area contributed by atoms with E-state index in [9.17, 15) is 5.26 Å². The summed E-state index contributed by atoms with van der Waals surface area (Å²) in [5.41, 5.74) is 3.43. The lowest BCUT2D eigenvalue weighted by atomic mass is 10.0. The first-order valence-corrected chi connectivity index (χ1v) is 8.59. The normalized spacial score (nSPS) is 19.5. The molecule has 6 nitrogen and oxygen atoms in total. The van der Waals surface area contributed by atoms with Crippen LogP contribution in [0.25, 0.3) is 5.82 Å². The molecule has 1 aliphatic carbocycles. The highest BCUT2D eigenvalue weighted by Crippen LogP contribution is 2.24. The minimum absolute atomic E-state index is 0.257. The zero-order chi connectivity index (χ0) is 16.4. The predicted octanol–water partition coefficient (Wildman–Crippen LogP) is 2.04. The molecule has 2 aliphatic rings. The van der Waals surface area contributed by atoms with E-state index in [4.69, 9.17) is 4.74 Å². The van der Waals surface area contributed by atoms with E-state index in [1.54, 1.807) is 0 Å². The third-order valence-corrected chi connectivity index (χ3v) is 4.90. The molecule has 0 radical (unpaired) electrons. The first-order chi connectivity index (χ1) is 11.9. The number of aromatic nitrogens is 3. The van der Waals surface area contributed by atoms with Gasteiger partial charge >= 0.3 is 0 Å². The van der Waals surface area contributed by atoms with Gasteiger partial charge in [0.25, 0.3) is 0 Å². The summed E-state index contributed by atoms with van der Waals surface area (Å²) in [4.78, 5) is 11.3. The lowest BCUT2D eigenvalue weighted by molar-refractivity contribution is 0.0266. The van der Waals surface area contributed by atoms with Gasteiger partial charge in [-0.3, -0.25) is 9.47 Å². The van der Waals surface area contributed by atoms with Gasteiger partial charge in [0, 0.05) is 30.5 Å². The molecule has 2 aromatic heterocycles. The summed E-state index contributed by atoms with van der Waals surface area (Å²) in [6.45, 7) is 2.94. The molecule has 1 aliphatic heterocycles. The molecule has 0 aromatic carbocycles. The van der Waals surface area contributed by atoms with Crippen molar-refractivity contribution in [3.8, 4) is 11.9 Å². The van der Waals surface area contributed by atoms with Crippen LogP contribution in [-0.2, 0) is 17.6 Å². The fourth-order valence-electron chi connectivity index (χ4n) is 3.57. The van der Waals surface area contributed by atoms with Crippen molar-refractivity contribution in [2.75, 3.05) is 26.3 Å². The largest absolute Gasteiger partial charge is 0.379 e. The van der Waals surface area contributed by atoms with E-state index in [0.717, 1.165) is 37.3 Å². The summed E-state index contributed by atoms with van der Waals surface area (Å²) >= 11 is 0. The van der Waals surface area contributed by atoms with Crippen LogP contribution < -0.4 is 0 Å². The highest BCUT2D eigenvalue weighted by molar-refractivity contribution is 5.33. The predicted molar refractivity (Wildman–Crippen MR) is 88.7 cm³/mol. The van der Waals surface area contributed by atoms with Gasteiger partial charge in [0.1, 0.15) is 18.2 Å². The van der Waals surface area contributed by atoms with E-state index >= 15 is 0 Å². The van der Waals surface area contributed by atoms with Crippen molar-refractivity contribution in [1.29, 1.82) is 5.26 Å². The van der Waals surface area contributed by atoms with Gasteiger partial charge in [0.15, 0.2) is 0 Å². The van der Waals surface area contributed by atoms with Crippen molar-refractivity contribution < 1.29 is 4.74 Å². The Morgan fingerprint density at radius 3 is 2.71 bits per heavy atom. The summed E-state index contributed by atoms with van der Waals surface area (Å²) in [5.74, 6) is 0.882. The lowest BCUT2D eigenvalue weighted by Crippen LogP contribution is -2.38. The maximum absolute atomic E-state index is 9.57. The number of hydrogen-bond donors (Lipinski definition) is 0. The molecule has 0 amide bonds. The van der Waals surface area contributed by atoms with Crippen LogP contribution in [0.2, 0.25) is 0 Å². The van der Waals surface area contributed by atoms with Gasteiger partial charge in [-0.25, -0.2) is 9.97 Å². The highest BCUT2D eigenvalue weighted by atomic mass is 16.5. The summed E-state index contributed by atoms with van der Waals surface area (Å²) in [6.07, 6.45) is 8.26. The molecule has 1 saturated heterocycles. The van der Waals surface area contributed by atoms with Gasteiger partial charge in [-0.1, -0.05) is 6.07 Å². The van der Waals surface area contributed by atoms with Crippen LogP contribution >= 0.6 is 0 Å². The second-order valence-corrected chi connectivity index (χ2v) is 6.34. The number of morpholine rings is 1. The number of ether oxygens (including phenoxy) is 1. The molecule has 3 heterocycles. The second kappa shape index (κ2) is 6.71. The Morgan fingerprint density at radius 2 is 1.96 bits per heavy atom. The topological polar surface area (TPSA) is 67.0 Å². The first-order valence-electron chi connectivity index (χ1n) is 8.59. The van der Waals surface area contributed by atoms with Crippen molar-refractivity contribution in [3.05, 3.63) is 41.6 Å². The maximum Gasteiger partial charge on any atom is 0.138 e. The summed E-state index contributed by atoms with van der Waals surface area (Å²) < 4.78 is 7.47. The van der Waals surface area contributed by atoms with Gasteiger partial charge < -0.3 is 4.74 Å². The van der Waals surface area contributed by atoms with Crippen LogP contribution in [0.4, 0.5) is 0 Å². The molecule has 1 atom stereocenters. The van der Waals surface area contributed by atoms with Crippen LogP contribution in [0, 0.1) is 11.3 Å². The Morgan fingerprint density at radius 1 is 1.12 bits per heavy atom. The molecule has 6 heteroatoms. The Hall–Kier alpha value is -2.23. The highest BCUT2D eigenvalue weighted by Gasteiger charge is 2.23. The summed E-state index contributed by atoms with van der Waals surface area (Å²) in [6, 6.07) is 6.16. The van der Waals surface area contributed by atoms with Crippen LogP contribution in [0.1, 0.15) is 35.8 Å². The number of pyridine rings is 1. The van der Waals surface area contributed by atoms with Crippen molar-refractivity contribution >= 4 is 0 Å². The number of nitrogens with zero attached hydrogens (tertiary/aromatic N) is 5. The number of nitriles is 1. The van der Waals surface area contributed by atoms with Crippen LogP contribution in [0.3, 0.4) is 0 Å². The van der Waals surface area contributed by atoms with Gasteiger partial charge in [-0.2, -0.15) is 5.26 Å². The summed E-state index contributed by atoms with van der Waals surface area (Å²) in [5, 5.41) is 9.57. The third-order valence-electron chi connectivity index (χ3n) is 4.90. The summed E-state index contributed by atoms with van der Waals surface area (Å²) in [7, 11) is 0. The third kappa shape index (κ3) is 2.81. The average molecular weight is 323 g/mol. The quantitative estimate of drug-likeness (QED) is 0.865. The maximum atomic E-state index is 9.57. The number of aryl methyl sites for hydroxylation is 1. The van der Waals surface area contributed by atoms with Crippen molar-refractivity contribution in [2.24, 2.45) is 0 Å². The molecule has 1 fully saturated rings. The average Bonchev–Trinajstić information content (AvgIpc) is 3.08. The number of hydrogen-bond acceptors (Lipinski definition) is 5. The molecule has 0 saturated carbocycles. The van der Waals surface area contributed by atoms with E-state index < -0.39 is 0 Å². The monoisotopic (exact) mass is 323 g/mol. The SMILES string of the molecule is N#CC(c1ccc(-n2cnc3c2CCCC3)nc1)N1CCOCC1. The number of rotatable bonds is 3. The molecule has 0 N–H and O–H groups in total. The van der Waals surface area contributed by atoms with E-state index in [1.807, 2.05) is 24.7 Å². The van der Waals surface area contributed by atoms with Crippen molar-refractivity contribution in [2.45, 2.75) is 31.7 Å². The first kappa shape index (κ1) is 15.3. The molecule has 124 valence electrons. The minimum Gasteiger partial charge on any atom is -0.379 e. The van der Waals surface area contributed by atoms with E-state index in [1.165, 1.54) is 24.2 Å². The minimum atomic E-state index is -0.257. The molecule has 4 rings (SSSR count). The van der Waals surface area contributed by atoms with Gasteiger partial charge in [0.05, 0.1) is 25.0 Å². The van der Waals surface area contributed by atoms with Crippen LogP contribution in [0.5, 0.6) is 0 Å². The molecule has 0 bridgehead atoms. The molecule has 1 unspecified atom stereocenters. The van der Waals surface area contributed by atoms with Crippen molar-refractivity contribution in [1.82, 2.24) is 19.4 Å². The molecule has 0 spiro atoms. The Bertz CT molecular complexity index is 740. The van der Waals surface area contributed by atoms with E-state index in [2.05, 4.69) is 25.5 Å². The van der Waals surface area contributed by atoms with Crippen LogP contribution in [-0.4, -0.2) is 45.7 Å². The van der Waals surface area contributed by atoms with Gasteiger partial charge in [-0.05, 0) is 31.7 Å². The van der Waals surface area contributed by atoms with Gasteiger partial charge in [0.2, 0.25) is 0 Å². The van der Waals surface area contributed by atoms with E-state index in [-0.39, 0.29) is 6.04 Å². The smallest absolute Gasteiger partial charge is 0.138 e. The standard InChI is InChI=1S/C18H21N5O/c19-11-17(22-7-9-24-10-8-22)14-5-6-18(20-12-14)23-13-21-15-3-1-2-4-16(15)23/h5-6,12-13,17H,1-4,7-10H2. The zero-order valence-corrected chi connectivity index (χ0v) is 13.7. The van der Waals surface area contributed by atoms with E-state index in [0.29, 0.717) is 13.2 Å². The second-order valence-electron chi connectivity index (χ2n) is 6.34. The zero-order valence-electron chi connectivity index (χ0n) is 13.7. The fraction of sp³-hybridized carbons (Fsp3) is 0.500. The molecular weight excluding hydrogens is 302 g/mol. The van der Waals surface area contributed by atoms with Crippen molar-refractivity contribution in [3.63, 3.8) is 0 Å². The molecule has 2 aromatic rings. The number of fused-ring (bicyclic) bond motifs is 1. The van der Waals surface area contributed by atoms with Gasteiger partial charge in [-0.15, -0.1) is 0 Å².